The van der Waals surface area contributed by atoms with Crippen molar-refractivity contribution < 1.29 is 51.4 Å². The van der Waals surface area contributed by atoms with Crippen LogP contribution >= 0.6 is 0 Å². The van der Waals surface area contributed by atoms with Crippen molar-refractivity contribution in [3.05, 3.63) is 10.1 Å². The van der Waals surface area contributed by atoms with Crippen LogP contribution in [0.1, 0.15) is 13.3 Å². The first-order valence-corrected chi connectivity index (χ1v) is 1.87. The van der Waals surface area contributed by atoms with Crippen LogP contribution in [-0.2, 0) is 0 Å². The first-order valence-electron chi connectivity index (χ1n) is 1.87. The van der Waals surface area contributed by atoms with Crippen molar-refractivity contribution in [1.82, 2.24) is 0 Å². The van der Waals surface area contributed by atoms with Crippen LogP contribution in [0.15, 0.2) is 10.3 Å². The van der Waals surface area contributed by atoms with Gasteiger partial charge in [-0.15, -0.1) is 4.91 Å². The summed E-state index contributed by atoms with van der Waals surface area (Å²) in [7, 11) is 0. The Bertz CT molecular complexity index is 93.3. The van der Waals surface area contributed by atoms with E-state index in [1.54, 1.807) is 6.92 Å². The second-order valence-corrected chi connectivity index (χ2v) is 0.952. The van der Waals surface area contributed by atoms with Gasteiger partial charge in [-0.25, -0.2) is 0 Å². The molecular weight excluding hydrogens is 135 g/mol. The second kappa shape index (κ2) is 7.71. The van der Waals surface area contributed by atoms with Crippen LogP contribution in [0.3, 0.4) is 0 Å². The van der Waals surface area contributed by atoms with Gasteiger partial charge in [0.1, 0.15) is 0 Å². The number of nitrogens with zero attached hydrogens (tertiary/aromatic N) is 2. The van der Waals surface area contributed by atoms with Crippen LogP contribution in [0.4, 0.5) is 0 Å². The van der Waals surface area contributed by atoms with E-state index in [1.165, 1.54) is 0 Å². The van der Waals surface area contributed by atoms with Gasteiger partial charge in [-0.1, -0.05) is 6.92 Å². The Morgan fingerprint density at radius 1 is 1.75 bits per heavy atom. The van der Waals surface area contributed by atoms with Crippen LogP contribution < -0.4 is 51.4 Å². The van der Waals surface area contributed by atoms with Gasteiger partial charge in [0, 0.05) is 6.42 Å². The maximum atomic E-state index is 9.39. The number of amidine groups is 1. The van der Waals surface area contributed by atoms with Crippen molar-refractivity contribution in [3.63, 3.8) is 0 Å². The molecule has 0 N–H and O–H groups in total. The van der Waals surface area contributed by atoms with Crippen molar-refractivity contribution in [2.45, 2.75) is 13.3 Å². The van der Waals surface area contributed by atoms with Crippen LogP contribution in [0, 0.1) is 10.1 Å². The van der Waals surface area contributed by atoms with Gasteiger partial charge in [-0.2, -0.15) is 0 Å². The zero-order chi connectivity index (χ0) is 5.70. The Balaban J connectivity index is 0. The number of rotatable bonds is 1. The first-order chi connectivity index (χ1) is 3.35. The average Bonchev–Trinajstić information content (AvgIpc) is 1.72. The van der Waals surface area contributed by atoms with E-state index in [9.17, 15) is 10.1 Å². The van der Waals surface area contributed by atoms with Crippen LogP contribution in [0.5, 0.6) is 0 Å². The van der Waals surface area contributed by atoms with Gasteiger partial charge in [0.25, 0.3) is 0 Å². The Hall–Kier alpha value is 0.706. The molecule has 8 heavy (non-hydrogen) atoms. The molecule has 0 radical (unpaired) electrons. The van der Waals surface area contributed by atoms with E-state index in [0.29, 0.717) is 6.42 Å². The summed E-state index contributed by atoms with van der Waals surface area (Å²) in [5, 5.41) is 14.0. The quantitative estimate of drug-likeness (QED) is 0.140. The van der Waals surface area contributed by atoms with Gasteiger partial charge in [-0.05, 0) is 5.18 Å². The zero-order valence-corrected chi connectivity index (χ0v) is 8.04. The Morgan fingerprint density at radius 2 is 2.25 bits per heavy atom. The maximum Gasteiger partial charge on any atom is 1.00 e. The fraction of sp³-hybridized carbons (Fsp3) is 0.667. The van der Waals surface area contributed by atoms with Gasteiger partial charge in [0.15, 0.2) is 5.84 Å². The summed E-state index contributed by atoms with van der Waals surface area (Å²) in [6, 6.07) is 0. The summed E-state index contributed by atoms with van der Waals surface area (Å²) in [4.78, 5) is 9.39. The number of hydrogen-bond acceptors (Lipinski definition) is 3. The van der Waals surface area contributed by atoms with Gasteiger partial charge in [0.2, 0.25) is 0 Å². The molecule has 0 aromatic carbocycles. The van der Waals surface area contributed by atoms with E-state index >= 15 is 0 Å². The Kier molecular flexibility index (Phi) is 11.1. The largest absolute Gasteiger partial charge is 1.00 e. The van der Waals surface area contributed by atoms with E-state index < -0.39 is 0 Å². The molecule has 5 heteroatoms. The minimum Gasteiger partial charge on any atom is -0.791 e. The Morgan fingerprint density at radius 3 is 2.25 bits per heavy atom. The van der Waals surface area contributed by atoms with E-state index in [2.05, 4.69) is 10.3 Å². The molecule has 4 nitrogen and oxygen atoms in total. The van der Waals surface area contributed by atoms with Crippen molar-refractivity contribution >= 4 is 5.84 Å². The fourth-order valence-corrected chi connectivity index (χ4v) is 0.146. The molecule has 0 saturated heterocycles. The van der Waals surface area contributed by atoms with E-state index in [1.807, 2.05) is 0 Å². The van der Waals surface area contributed by atoms with Crippen molar-refractivity contribution in [1.29, 1.82) is 0 Å². The van der Waals surface area contributed by atoms with Crippen LogP contribution in [-0.4, -0.2) is 5.84 Å². The standard InChI is InChI=1S/C3H6N2O2.K/c1-2-3(4-6)5-7;/h6H,2H2,1H3;/q;+1/p-1/b4-3-;. The molecule has 0 rings (SSSR count). The molecule has 0 aromatic heterocycles. The molecule has 0 aromatic rings. The topological polar surface area (TPSA) is 64.8 Å². The number of nitroso groups, excluding NO2 is 1. The summed E-state index contributed by atoms with van der Waals surface area (Å²) >= 11 is 0. The van der Waals surface area contributed by atoms with E-state index in [-0.39, 0.29) is 57.2 Å². The minimum atomic E-state index is -0.181. The van der Waals surface area contributed by atoms with Gasteiger partial charge < -0.3 is 10.4 Å². The fourth-order valence-electron chi connectivity index (χ4n) is 0.146. The molecule has 40 valence electrons. The van der Waals surface area contributed by atoms with Crippen LogP contribution in [0.2, 0.25) is 0 Å². The monoisotopic (exact) mass is 140 g/mol. The second-order valence-electron chi connectivity index (χ2n) is 0.952. The number of hydrogen-bond donors (Lipinski definition) is 0. The smallest absolute Gasteiger partial charge is 0.791 e. The zero-order valence-electron chi connectivity index (χ0n) is 4.92. The molecule has 0 bridgehead atoms. The van der Waals surface area contributed by atoms with Gasteiger partial charge in [-0.3, -0.25) is 0 Å². The molecule has 0 atom stereocenters. The average molecular weight is 140 g/mol. The third kappa shape index (κ3) is 4.86. The molecule has 0 aliphatic carbocycles. The predicted molar refractivity (Wildman–Crippen MR) is 26.9 cm³/mol. The molecule has 0 aliphatic rings. The first kappa shape index (κ1) is 11.5. The van der Waals surface area contributed by atoms with Gasteiger partial charge in [0.05, 0.1) is 0 Å². The van der Waals surface area contributed by atoms with Crippen molar-refractivity contribution in [2.24, 2.45) is 10.3 Å². The molecule has 0 fully saturated rings. The molecule has 0 aliphatic heterocycles. The third-order valence-electron chi connectivity index (χ3n) is 0.527. The summed E-state index contributed by atoms with van der Waals surface area (Å²) < 4.78 is 0. The Labute approximate surface area is 89.7 Å². The summed E-state index contributed by atoms with van der Waals surface area (Å²) in [5.41, 5.74) is 0. The normalized spacial score (nSPS) is 9.88. The predicted octanol–water partition coefficient (Wildman–Crippen LogP) is -1.94. The van der Waals surface area contributed by atoms with Crippen molar-refractivity contribution in [2.75, 3.05) is 0 Å². The van der Waals surface area contributed by atoms with Crippen LogP contribution in [0.25, 0.3) is 0 Å². The maximum absolute atomic E-state index is 9.39. The molecule has 0 spiro atoms. The molecule has 0 amide bonds. The summed E-state index contributed by atoms with van der Waals surface area (Å²) in [6.07, 6.45) is 0.312. The summed E-state index contributed by atoms with van der Waals surface area (Å²) in [6.45, 7) is 1.64. The van der Waals surface area contributed by atoms with Gasteiger partial charge >= 0.3 is 51.4 Å². The SMILES string of the molecule is CC/C(N=O)=N/[O-].[K+]. The molecular formula is C3H5KN2O2. The molecule has 0 unspecified atom stereocenters. The minimum absolute atomic E-state index is 0. The summed E-state index contributed by atoms with van der Waals surface area (Å²) in [5.74, 6) is -0.181. The van der Waals surface area contributed by atoms with Crippen molar-refractivity contribution in [3.8, 4) is 0 Å². The molecule has 0 saturated carbocycles. The van der Waals surface area contributed by atoms with E-state index in [4.69, 9.17) is 0 Å². The molecule has 0 heterocycles. The van der Waals surface area contributed by atoms with E-state index in [0.717, 1.165) is 0 Å². The third-order valence-corrected chi connectivity index (χ3v) is 0.527.